The van der Waals surface area contributed by atoms with Crippen molar-refractivity contribution in [2.24, 2.45) is 0 Å². The fourth-order valence-electron chi connectivity index (χ4n) is 4.72. The number of carbonyl (C=O) groups is 3. The summed E-state index contributed by atoms with van der Waals surface area (Å²) in [5.41, 5.74) is -0.0814. The standard InChI is InChI=1S/C25H21F3N6O4/c1-12(33-17-9-4-3-7-15(17)31-24(33)25(26,27)28)21(36)30-16-8-5-6-14-20(16)29-13(2)34(23(14)38)18-10-11-19(35)32-22(18)37/h3-9,12,18H,10-11H2,1-2H3,(H,30,36)(H,32,35,37). The van der Waals surface area contributed by atoms with Crippen molar-refractivity contribution >= 4 is 45.3 Å². The van der Waals surface area contributed by atoms with Crippen LogP contribution in [0.5, 0.6) is 0 Å². The Bertz CT molecular complexity index is 1690. The molecule has 0 bridgehead atoms. The van der Waals surface area contributed by atoms with Crippen molar-refractivity contribution in [1.82, 2.24) is 24.4 Å². The highest BCUT2D eigenvalue weighted by Gasteiger charge is 2.40. The molecule has 3 amide bonds. The first-order valence-corrected chi connectivity index (χ1v) is 11.7. The average Bonchev–Trinajstić information content (AvgIpc) is 3.25. The molecular formula is C25H21F3N6O4. The highest BCUT2D eigenvalue weighted by atomic mass is 19.4. The molecule has 1 fully saturated rings. The van der Waals surface area contributed by atoms with Crippen LogP contribution in [0.1, 0.15) is 43.5 Å². The number of benzene rings is 2. The third kappa shape index (κ3) is 4.19. The van der Waals surface area contributed by atoms with Gasteiger partial charge in [0.25, 0.3) is 5.56 Å². The van der Waals surface area contributed by atoms with Crippen molar-refractivity contribution < 1.29 is 27.6 Å². The maximum atomic E-state index is 13.8. The van der Waals surface area contributed by atoms with Gasteiger partial charge in [-0.25, -0.2) is 9.97 Å². The third-order valence-electron chi connectivity index (χ3n) is 6.50. The first-order valence-electron chi connectivity index (χ1n) is 11.7. The van der Waals surface area contributed by atoms with E-state index in [-0.39, 0.29) is 46.3 Å². The number of para-hydroxylation sites is 3. The number of fused-ring (bicyclic) bond motifs is 2. The lowest BCUT2D eigenvalue weighted by Crippen LogP contribution is -2.45. The first-order chi connectivity index (χ1) is 18.0. The normalized spacial score (nSPS) is 17.0. The minimum Gasteiger partial charge on any atom is -0.322 e. The van der Waals surface area contributed by atoms with Gasteiger partial charge >= 0.3 is 6.18 Å². The van der Waals surface area contributed by atoms with E-state index in [1.807, 2.05) is 0 Å². The first kappa shape index (κ1) is 25.1. The summed E-state index contributed by atoms with van der Waals surface area (Å²) in [5, 5.41) is 4.90. The summed E-state index contributed by atoms with van der Waals surface area (Å²) in [6.45, 7) is 2.83. The molecule has 2 N–H and O–H groups in total. The molecule has 0 radical (unpaired) electrons. The molecule has 5 rings (SSSR count). The number of halogens is 3. The predicted octanol–water partition coefficient (Wildman–Crippen LogP) is 3.25. The molecule has 4 aromatic rings. The highest BCUT2D eigenvalue weighted by molar-refractivity contribution is 6.02. The molecule has 1 aliphatic rings. The molecule has 10 nitrogen and oxygen atoms in total. The number of alkyl halides is 3. The lowest BCUT2D eigenvalue weighted by Gasteiger charge is -2.24. The maximum absolute atomic E-state index is 13.8. The Balaban J connectivity index is 1.53. The lowest BCUT2D eigenvalue weighted by atomic mass is 10.1. The Hall–Kier alpha value is -4.55. The number of amides is 3. The van der Waals surface area contributed by atoms with E-state index in [0.29, 0.717) is 0 Å². The van der Waals surface area contributed by atoms with Crippen molar-refractivity contribution in [3.63, 3.8) is 0 Å². The quantitative estimate of drug-likeness (QED) is 0.393. The van der Waals surface area contributed by atoms with Gasteiger partial charge in [0, 0.05) is 6.42 Å². The zero-order valence-corrected chi connectivity index (χ0v) is 20.2. The van der Waals surface area contributed by atoms with Crippen molar-refractivity contribution in [3.8, 4) is 0 Å². The van der Waals surface area contributed by atoms with Gasteiger partial charge in [0.05, 0.1) is 22.1 Å². The van der Waals surface area contributed by atoms with E-state index >= 15 is 0 Å². The molecule has 2 atom stereocenters. The van der Waals surface area contributed by atoms with Crippen molar-refractivity contribution in [2.75, 3.05) is 5.32 Å². The molecular weight excluding hydrogens is 505 g/mol. The summed E-state index contributed by atoms with van der Waals surface area (Å²) in [6.07, 6.45) is -4.60. The van der Waals surface area contributed by atoms with Crippen LogP contribution in [0.15, 0.2) is 47.3 Å². The Labute approximate surface area is 212 Å². The Morgan fingerprint density at radius 3 is 2.55 bits per heavy atom. The van der Waals surface area contributed by atoms with Crippen LogP contribution < -0.4 is 16.2 Å². The van der Waals surface area contributed by atoms with E-state index in [0.717, 1.165) is 4.57 Å². The maximum Gasteiger partial charge on any atom is 0.449 e. The van der Waals surface area contributed by atoms with Gasteiger partial charge in [-0.3, -0.25) is 29.1 Å². The summed E-state index contributed by atoms with van der Waals surface area (Å²) >= 11 is 0. The van der Waals surface area contributed by atoms with Crippen LogP contribution in [-0.2, 0) is 20.6 Å². The highest BCUT2D eigenvalue weighted by Crippen LogP contribution is 2.34. The molecule has 13 heteroatoms. The molecule has 2 unspecified atom stereocenters. The summed E-state index contributed by atoms with van der Waals surface area (Å²) in [7, 11) is 0. The lowest BCUT2D eigenvalue weighted by molar-refractivity contribution is -0.148. The number of anilines is 1. The number of imide groups is 1. The number of piperidine rings is 1. The molecule has 1 aliphatic heterocycles. The number of aromatic nitrogens is 4. The monoisotopic (exact) mass is 526 g/mol. The molecule has 0 saturated carbocycles. The van der Waals surface area contributed by atoms with Crippen LogP contribution in [-0.4, -0.2) is 36.8 Å². The fraction of sp³-hybridized carbons (Fsp3) is 0.280. The fourth-order valence-corrected chi connectivity index (χ4v) is 4.72. The van der Waals surface area contributed by atoms with Crippen LogP contribution >= 0.6 is 0 Å². The third-order valence-corrected chi connectivity index (χ3v) is 6.50. The molecule has 2 aromatic carbocycles. The van der Waals surface area contributed by atoms with E-state index in [1.54, 1.807) is 12.1 Å². The molecule has 3 heterocycles. The Morgan fingerprint density at radius 1 is 1.11 bits per heavy atom. The van der Waals surface area contributed by atoms with Gasteiger partial charge in [-0.1, -0.05) is 18.2 Å². The van der Waals surface area contributed by atoms with Crippen LogP contribution in [0.4, 0.5) is 18.9 Å². The summed E-state index contributed by atoms with van der Waals surface area (Å²) in [5.74, 6) is -2.85. The molecule has 0 spiro atoms. The van der Waals surface area contributed by atoms with Crippen molar-refractivity contribution in [1.29, 1.82) is 0 Å². The summed E-state index contributed by atoms with van der Waals surface area (Å²) in [6, 6.07) is 8.17. The number of rotatable bonds is 4. The topological polar surface area (TPSA) is 128 Å². The van der Waals surface area contributed by atoms with Gasteiger partial charge in [0.15, 0.2) is 0 Å². The van der Waals surface area contributed by atoms with Crippen LogP contribution in [0, 0.1) is 6.92 Å². The molecule has 0 aliphatic carbocycles. The number of imidazole rings is 1. The molecule has 38 heavy (non-hydrogen) atoms. The summed E-state index contributed by atoms with van der Waals surface area (Å²) < 4.78 is 43.3. The van der Waals surface area contributed by atoms with Gasteiger partial charge < -0.3 is 9.88 Å². The minimum absolute atomic E-state index is 0.0666. The van der Waals surface area contributed by atoms with Crippen LogP contribution in [0.25, 0.3) is 21.9 Å². The van der Waals surface area contributed by atoms with E-state index in [2.05, 4.69) is 20.6 Å². The predicted molar refractivity (Wildman–Crippen MR) is 130 cm³/mol. The minimum atomic E-state index is -4.80. The van der Waals surface area contributed by atoms with Gasteiger partial charge in [0.2, 0.25) is 23.5 Å². The average molecular weight is 526 g/mol. The second kappa shape index (κ2) is 9.08. The second-order valence-electron chi connectivity index (χ2n) is 8.96. The smallest absolute Gasteiger partial charge is 0.322 e. The largest absolute Gasteiger partial charge is 0.449 e. The zero-order valence-electron chi connectivity index (χ0n) is 20.2. The van der Waals surface area contributed by atoms with E-state index in [4.69, 9.17) is 0 Å². The summed E-state index contributed by atoms with van der Waals surface area (Å²) in [4.78, 5) is 58.6. The van der Waals surface area contributed by atoms with Gasteiger partial charge in [-0.2, -0.15) is 13.2 Å². The molecule has 1 saturated heterocycles. The van der Waals surface area contributed by atoms with Crippen LogP contribution in [0.2, 0.25) is 0 Å². The van der Waals surface area contributed by atoms with Gasteiger partial charge in [-0.15, -0.1) is 0 Å². The molecule has 196 valence electrons. The van der Waals surface area contributed by atoms with Gasteiger partial charge in [-0.05, 0) is 44.5 Å². The zero-order chi connectivity index (χ0) is 27.4. The number of hydrogen-bond donors (Lipinski definition) is 2. The van der Waals surface area contributed by atoms with E-state index in [9.17, 15) is 32.3 Å². The Kier molecular flexibility index (Phi) is 6.00. The number of nitrogens with zero attached hydrogens (tertiary/aromatic N) is 4. The second-order valence-corrected chi connectivity index (χ2v) is 8.96. The number of carbonyl (C=O) groups excluding carboxylic acids is 3. The van der Waals surface area contributed by atoms with Gasteiger partial charge in [0.1, 0.15) is 23.4 Å². The van der Waals surface area contributed by atoms with Crippen LogP contribution in [0.3, 0.4) is 0 Å². The van der Waals surface area contributed by atoms with Crippen molar-refractivity contribution in [2.45, 2.75) is 44.9 Å². The SMILES string of the molecule is Cc1nc2c(NC(=O)C(C)n3c(C(F)(F)F)nc4ccccc43)cccc2c(=O)n1C1CCC(=O)NC1=O. The van der Waals surface area contributed by atoms with Crippen molar-refractivity contribution in [3.05, 3.63) is 64.5 Å². The Morgan fingerprint density at radius 2 is 1.84 bits per heavy atom. The van der Waals surface area contributed by atoms with E-state index in [1.165, 1.54) is 48.7 Å². The number of hydrogen-bond acceptors (Lipinski definition) is 6. The van der Waals surface area contributed by atoms with E-state index < -0.39 is 47.4 Å². The number of nitrogens with one attached hydrogen (secondary N) is 2. The number of aryl methyl sites for hydroxylation is 1. The molecule has 2 aromatic heterocycles.